The fraction of sp³-hybridized carbons (Fsp3) is 0.417. The zero-order chi connectivity index (χ0) is 12.2. The molecule has 1 aromatic carbocycles. The largest absolute Gasteiger partial charge is 0.259 e. The Labute approximate surface area is 100.0 Å². The van der Waals surface area contributed by atoms with Gasteiger partial charge in [-0.2, -0.15) is 5.26 Å². The van der Waals surface area contributed by atoms with Crippen LogP contribution in [0.3, 0.4) is 0 Å². The average Bonchev–Trinajstić information content (AvgIpc) is 2.19. The summed E-state index contributed by atoms with van der Waals surface area (Å²) in [5.41, 5.74) is 0.621. The van der Waals surface area contributed by atoms with Crippen molar-refractivity contribution in [3.8, 4) is 6.07 Å². The monoisotopic (exact) mass is 238 g/mol. The van der Waals surface area contributed by atoms with Crippen LogP contribution in [0.4, 0.5) is 4.39 Å². The van der Waals surface area contributed by atoms with Crippen molar-refractivity contribution in [2.24, 2.45) is 0 Å². The number of hydrogen-bond donors (Lipinski definition) is 1. The fourth-order valence-corrected chi connectivity index (χ4v) is 1.79. The molecule has 4 heteroatoms. The molecule has 0 aliphatic rings. The summed E-state index contributed by atoms with van der Waals surface area (Å²) in [6, 6.07) is 6.70. The highest BCUT2D eigenvalue weighted by molar-refractivity contribution is 7.98. The summed E-state index contributed by atoms with van der Waals surface area (Å²) >= 11 is 1.55. The van der Waals surface area contributed by atoms with Gasteiger partial charge in [0.15, 0.2) is 0 Å². The standard InChI is InChI=1S/C12H15FN2S/c1-12(2,3)16-15-8-10-6-4-5-9(7-14)11(10)13/h4-6,15H,8H2,1-3H3. The first-order chi connectivity index (χ1) is 7.44. The predicted molar refractivity (Wildman–Crippen MR) is 65.3 cm³/mol. The van der Waals surface area contributed by atoms with Crippen molar-refractivity contribution in [2.45, 2.75) is 32.1 Å². The highest BCUT2D eigenvalue weighted by Gasteiger charge is 2.12. The number of nitrogens with zero attached hydrogens (tertiary/aromatic N) is 1. The van der Waals surface area contributed by atoms with E-state index in [-0.39, 0.29) is 10.3 Å². The van der Waals surface area contributed by atoms with Gasteiger partial charge in [-0.15, -0.1) is 0 Å². The van der Waals surface area contributed by atoms with Gasteiger partial charge in [0, 0.05) is 16.9 Å². The third-order valence-electron chi connectivity index (χ3n) is 1.84. The Balaban J connectivity index is 2.65. The van der Waals surface area contributed by atoms with Crippen molar-refractivity contribution in [3.63, 3.8) is 0 Å². The third kappa shape index (κ3) is 3.84. The summed E-state index contributed by atoms with van der Waals surface area (Å²) in [5.74, 6) is -0.424. The molecule has 0 saturated heterocycles. The van der Waals surface area contributed by atoms with E-state index in [1.165, 1.54) is 6.07 Å². The van der Waals surface area contributed by atoms with Crippen LogP contribution in [0.15, 0.2) is 18.2 Å². The zero-order valence-electron chi connectivity index (χ0n) is 9.67. The number of hydrogen-bond acceptors (Lipinski definition) is 3. The Morgan fingerprint density at radius 2 is 2.12 bits per heavy atom. The van der Waals surface area contributed by atoms with Crippen molar-refractivity contribution in [1.29, 1.82) is 5.26 Å². The molecule has 0 spiro atoms. The molecule has 0 fully saturated rings. The van der Waals surface area contributed by atoms with Gasteiger partial charge in [-0.1, -0.05) is 24.1 Å². The summed E-state index contributed by atoms with van der Waals surface area (Å²) in [5, 5.41) is 8.68. The van der Waals surface area contributed by atoms with E-state index in [4.69, 9.17) is 5.26 Å². The van der Waals surface area contributed by atoms with E-state index in [1.54, 1.807) is 24.1 Å². The van der Waals surface area contributed by atoms with Crippen LogP contribution in [0.1, 0.15) is 31.9 Å². The van der Waals surface area contributed by atoms with Gasteiger partial charge in [-0.05, 0) is 26.8 Å². The molecule has 0 aliphatic carbocycles. The van der Waals surface area contributed by atoms with Gasteiger partial charge in [0.1, 0.15) is 11.9 Å². The quantitative estimate of drug-likeness (QED) is 0.821. The van der Waals surface area contributed by atoms with Crippen LogP contribution in [-0.2, 0) is 6.54 Å². The van der Waals surface area contributed by atoms with Gasteiger partial charge in [0.2, 0.25) is 0 Å². The molecule has 1 N–H and O–H groups in total. The molecule has 0 amide bonds. The maximum absolute atomic E-state index is 13.6. The molecule has 0 aliphatic heterocycles. The molecule has 1 aromatic rings. The minimum atomic E-state index is -0.424. The van der Waals surface area contributed by atoms with Gasteiger partial charge in [0.25, 0.3) is 0 Å². The molecule has 16 heavy (non-hydrogen) atoms. The number of nitrogens with one attached hydrogen (secondary N) is 1. The number of rotatable bonds is 3. The van der Waals surface area contributed by atoms with Crippen LogP contribution in [0, 0.1) is 17.1 Å². The summed E-state index contributed by atoms with van der Waals surface area (Å²) in [6.45, 7) is 6.65. The van der Waals surface area contributed by atoms with Crippen LogP contribution in [0.5, 0.6) is 0 Å². The Morgan fingerprint density at radius 3 is 2.69 bits per heavy atom. The third-order valence-corrected chi connectivity index (χ3v) is 2.74. The first kappa shape index (κ1) is 13.0. The molecule has 0 radical (unpaired) electrons. The summed E-state index contributed by atoms with van der Waals surface area (Å²) in [7, 11) is 0. The second-order valence-corrected chi connectivity index (χ2v) is 6.14. The minimum absolute atomic E-state index is 0.0866. The van der Waals surface area contributed by atoms with Crippen molar-refractivity contribution >= 4 is 11.9 Å². The second-order valence-electron chi connectivity index (χ2n) is 4.43. The highest BCUT2D eigenvalue weighted by Crippen LogP contribution is 2.20. The minimum Gasteiger partial charge on any atom is -0.259 e. The van der Waals surface area contributed by atoms with Crippen molar-refractivity contribution in [1.82, 2.24) is 4.72 Å². The maximum Gasteiger partial charge on any atom is 0.145 e. The van der Waals surface area contributed by atoms with E-state index >= 15 is 0 Å². The van der Waals surface area contributed by atoms with Gasteiger partial charge in [-0.25, -0.2) is 4.39 Å². The predicted octanol–water partition coefficient (Wildman–Crippen LogP) is 3.23. The molecule has 0 bridgehead atoms. The lowest BCUT2D eigenvalue weighted by Crippen LogP contribution is -2.17. The fourth-order valence-electron chi connectivity index (χ4n) is 1.13. The van der Waals surface area contributed by atoms with E-state index < -0.39 is 5.82 Å². The molecule has 86 valence electrons. The van der Waals surface area contributed by atoms with Gasteiger partial charge >= 0.3 is 0 Å². The van der Waals surface area contributed by atoms with Crippen LogP contribution in [-0.4, -0.2) is 4.75 Å². The van der Waals surface area contributed by atoms with Gasteiger partial charge in [-0.3, -0.25) is 4.72 Å². The van der Waals surface area contributed by atoms with Crippen LogP contribution >= 0.6 is 11.9 Å². The van der Waals surface area contributed by atoms with Crippen LogP contribution in [0.25, 0.3) is 0 Å². The number of nitriles is 1. The highest BCUT2D eigenvalue weighted by atomic mass is 32.2. The molecule has 1 rings (SSSR count). The lowest BCUT2D eigenvalue weighted by molar-refractivity contribution is 0.603. The molecule has 0 heterocycles. The van der Waals surface area contributed by atoms with Gasteiger partial charge in [0.05, 0.1) is 5.56 Å². The van der Waals surface area contributed by atoms with Gasteiger partial charge < -0.3 is 0 Å². The normalized spacial score (nSPS) is 11.2. The van der Waals surface area contributed by atoms with E-state index in [0.29, 0.717) is 12.1 Å². The van der Waals surface area contributed by atoms with E-state index in [1.807, 2.05) is 6.07 Å². The van der Waals surface area contributed by atoms with Crippen molar-refractivity contribution in [2.75, 3.05) is 0 Å². The Morgan fingerprint density at radius 1 is 1.44 bits per heavy atom. The molecule has 0 unspecified atom stereocenters. The van der Waals surface area contributed by atoms with E-state index in [0.717, 1.165) is 0 Å². The van der Waals surface area contributed by atoms with E-state index in [9.17, 15) is 4.39 Å². The van der Waals surface area contributed by atoms with Crippen LogP contribution in [0.2, 0.25) is 0 Å². The SMILES string of the molecule is CC(C)(C)SNCc1cccc(C#N)c1F. The average molecular weight is 238 g/mol. The maximum atomic E-state index is 13.6. The number of benzene rings is 1. The molecule has 2 nitrogen and oxygen atoms in total. The summed E-state index contributed by atoms with van der Waals surface area (Å²) in [6.07, 6.45) is 0. The van der Waals surface area contributed by atoms with Crippen LogP contribution < -0.4 is 4.72 Å². The zero-order valence-corrected chi connectivity index (χ0v) is 10.5. The molecule has 0 saturated carbocycles. The second kappa shape index (κ2) is 5.33. The lowest BCUT2D eigenvalue weighted by Gasteiger charge is -2.17. The topological polar surface area (TPSA) is 35.8 Å². The molecular weight excluding hydrogens is 223 g/mol. The lowest BCUT2D eigenvalue weighted by atomic mass is 10.1. The van der Waals surface area contributed by atoms with Crippen molar-refractivity contribution < 1.29 is 4.39 Å². The number of halogens is 1. The van der Waals surface area contributed by atoms with E-state index in [2.05, 4.69) is 25.5 Å². The summed E-state index contributed by atoms with van der Waals surface area (Å²) in [4.78, 5) is 0. The smallest absolute Gasteiger partial charge is 0.145 e. The molecule has 0 aromatic heterocycles. The summed E-state index contributed by atoms with van der Waals surface area (Å²) < 4.78 is 16.8. The Hall–Kier alpha value is -1.05. The van der Waals surface area contributed by atoms with Crippen molar-refractivity contribution in [3.05, 3.63) is 35.1 Å². The molecular formula is C12H15FN2S. The first-order valence-corrected chi connectivity index (χ1v) is 5.84. The molecule has 0 atom stereocenters. The first-order valence-electron chi connectivity index (χ1n) is 5.02. The Bertz CT molecular complexity index is 404. The Kier molecular flexibility index (Phi) is 4.34.